The lowest BCUT2D eigenvalue weighted by molar-refractivity contribution is -0.136. The Morgan fingerprint density at radius 2 is 2.43 bits per heavy atom. The number of aromatic amines is 1. The zero-order chi connectivity index (χ0) is 10.6. The maximum atomic E-state index is 11.1. The molecule has 0 spiro atoms. The summed E-state index contributed by atoms with van der Waals surface area (Å²) in [4.78, 5) is 21.5. The summed E-state index contributed by atoms with van der Waals surface area (Å²) in [6, 6.07) is 1.48. The number of rotatable bonds is 4. The maximum Gasteiger partial charge on any atom is 0.309 e. The second-order valence-corrected chi connectivity index (χ2v) is 2.78. The molecule has 0 aliphatic carbocycles. The summed E-state index contributed by atoms with van der Waals surface area (Å²) >= 11 is 0. The molecule has 14 heavy (non-hydrogen) atoms. The van der Waals surface area contributed by atoms with Crippen LogP contribution in [0.5, 0.6) is 0 Å². The average molecular weight is 194 g/mol. The topological polar surface area (TPSA) is 83.0 Å². The lowest BCUT2D eigenvalue weighted by Gasteiger charge is -1.98. The van der Waals surface area contributed by atoms with Gasteiger partial charge in [0.15, 0.2) is 0 Å². The number of aromatic nitrogens is 2. The number of carbonyl (C=O) groups is 1. The van der Waals surface area contributed by atoms with Crippen LogP contribution >= 0.6 is 0 Å². The van der Waals surface area contributed by atoms with E-state index in [1.807, 2.05) is 0 Å². The van der Waals surface area contributed by atoms with Crippen LogP contribution in [0.15, 0.2) is 23.5 Å². The van der Waals surface area contributed by atoms with Crippen molar-refractivity contribution in [2.24, 2.45) is 0 Å². The third-order valence-corrected chi connectivity index (χ3v) is 1.63. The van der Waals surface area contributed by atoms with Crippen LogP contribution in [0.2, 0.25) is 0 Å². The summed E-state index contributed by atoms with van der Waals surface area (Å²) in [7, 11) is 0. The number of nitrogens with zero attached hydrogens (tertiary/aromatic N) is 1. The molecule has 0 unspecified atom stereocenters. The van der Waals surface area contributed by atoms with Crippen LogP contribution in [0.3, 0.4) is 0 Å². The van der Waals surface area contributed by atoms with E-state index in [0.717, 1.165) is 0 Å². The fourth-order valence-corrected chi connectivity index (χ4v) is 1.05. The van der Waals surface area contributed by atoms with Crippen LogP contribution in [-0.2, 0) is 17.6 Å². The van der Waals surface area contributed by atoms with Crippen molar-refractivity contribution >= 4 is 5.97 Å². The molecule has 0 saturated heterocycles. The van der Waals surface area contributed by atoms with Gasteiger partial charge in [0.1, 0.15) is 0 Å². The minimum absolute atomic E-state index is 0.194. The largest absolute Gasteiger partial charge is 0.481 e. The van der Waals surface area contributed by atoms with Gasteiger partial charge in [-0.25, -0.2) is 5.10 Å². The fourth-order valence-electron chi connectivity index (χ4n) is 1.05. The minimum Gasteiger partial charge on any atom is -0.481 e. The Hall–Kier alpha value is -1.91. The molecular formula is C9H10N2O3. The molecule has 0 aliphatic rings. The van der Waals surface area contributed by atoms with Gasteiger partial charge in [-0.1, -0.05) is 6.08 Å². The van der Waals surface area contributed by atoms with Gasteiger partial charge in [0.2, 0.25) is 0 Å². The first kappa shape index (κ1) is 10.2. The molecule has 1 rings (SSSR count). The van der Waals surface area contributed by atoms with Gasteiger partial charge < -0.3 is 5.11 Å². The van der Waals surface area contributed by atoms with Crippen LogP contribution in [-0.4, -0.2) is 21.3 Å². The Kier molecular flexibility index (Phi) is 3.17. The first-order valence-corrected chi connectivity index (χ1v) is 4.03. The lowest BCUT2D eigenvalue weighted by Crippen LogP contribution is -2.16. The van der Waals surface area contributed by atoms with Crippen LogP contribution in [0.4, 0.5) is 0 Å². The van der Waals surface area contributed by atoms with Gasteiger partial charge in [0, 0.05) is 5.56 Å². The van der Waals surface area contributed by atoms with Crippen molar-refractivity contribution in [3.05, 3.63) is 40.3 Å². The van der Waals surface area contributed by atoms with Crippen LogP contribution in [0.25, 0.3) is 0 Å². The van der Waals surface area contributed by atoms with E-state index in [9.17, 15) is 9.59 Å². The second kappa shape index (κ2) is 4.36. The molecule has 5 heteroatoms. The molecule has 0 fully saturated rings. The SMILES string of the molecule is C=CCc1cc(CC(=O)O)n[nH]c1=O. The molecule has 1 aromatic heterocycles. The number of hydrogen-bond donors (Lipinski definition) is 2. The summed E-state index contributed by atoms with van der Waals surface area (Å²) in [5.41, 5.74) is 0.513. The molecule has 1 heterocycles. The predicted molar refractivity (Wildman–Crippen MR) is 50.1 cm³/mol. The van der Waals surface area contributed by atoms with Crippen LogP contribution in [0, 0.1) is 0 Å². The Balaban J connectivity index is 2.99. The third kappa shape index (κ3) is 2.55. The van der Waals surface area contributed by atoms with E-state index in [1.165, 1.54) is 6.07 Å². The van der Waals surface area contributed by atoms with Gasteiger partial charge in [-0.15, -0.1) is 6.58 Å². The summed E-state index contributed by atoms with van der Waals surface area (Å²) in [6.07, 6.45) is 1.79. The van der Waals surface area contributed by atoms with E-state index in [0.29, 0.717) is 17.7 Å². The van der Waals surface area contributed by atoms with Crippen molar-refractivity contribution in [3.8, 4) is 0 Å². The molecule has 0 bridgehead atoms. The maximum absolute atomic E-state index is 11.1. The van der Waals surface area contributed by atoms with Gasteiger partial charge in [-0.3, -0.25) is 9.59 Å². The van der Waals surface area contributed by atoms with Gasteiger partial charge in [-0.05, 0) is 12.5 Å². The van der Waals surface area contributed by atoms with Gasteiger partial charge >= 0.3 is 5.97 Å². The Morgan fingerprint density at radius 1 is 1.71 bits per heavy atom. The highest BCUT2D eigenvalue weighted by Gasteiger charge is 2.05. The van der Waals surface area contributed by atoms with Gasteiger partial charge in [0.05, 0.1) is 12.1 Å². The molecule has 0 aliphatic heterocycles. The van der Waals surface area contributed by atoms with E-state index >= 15 is 0 Å². The first-order chi connectivity index (χ1) is 6.63. The normalized spacial score (nSPS) is 9.71. The summed E-state index contributed by atoms with van der Waals surface area (Å²) in [5.74, 6) is -0.978. The molecule has 0 aromatic carbocycles. The second-order valence-electron chi connectivity index (χ2n) is 2.78. The zero-order valence-corrected chi connectivity index (χ0v) is 7.49. The molecule has 0 amide bonds. The number of hydrogen-bond acceptors (Lipinski definition) is 3. The number of nitrogens with one attached hydrogen (secondary N) is 1. The molecule has 74 valence electrons. The van der Waals surface area contributed by atoms with E-state index in [2.05, 4.69) is 16.8 Å². The van der Waals surface area contributed by atoms with Gasteiger partial charge in [0.25, 0.3) is 5.56 Å². The third-order valence-electron chi connectivity index (χ3n) is 1.63. The monoisotopic (exact) mass is 194 g/mol. The van der Waals surface area contributed by atoms with Crippen molar-refractivity contribution in [2.45, 2.75) is 12.8 Å². The number of H-pyrrole nitrogens is 1. The number of carboxylic acid groups (broad SMARTS) is 1. The molecular weight excluding hydrogens is 184 g/mol. The van der Waals surface area contributed by atoms with Crippen LogP contribution < -0.4 is 5.56 Å². The summed E-state index contributed by atoms with van der Waals surface area (Å²) < 4.78 is 0. The van der Waals surface area contributed by atoms with Crippen LogP contribution in [0.1, 0.15) is 11.3 Å². The molecule has 0 radical (unpaired) electrons. The summed E-state index contributed by atoms with van der Waals surface area (Å²) in [6.45, 7) is 3.50. The van der Waals surface area contributed by atoms with E-state index < -0.39 is 5.97 Å². The predicted octanol–water partition coefficient (Wildman–Crippen LogP) is 0.125. The van der Waals surface area contributed by atoms with E-state index in [4.69, 9.17) is 5.11 Å². The number of allylic oxidation sites excluding steroid dienone is 1. The smallest absolute Gasteiger partial charge is 0.309 e. The van der Waals surface area contributed by atoms with Gasteiger partial charge in [-0.2, -0.15) is 5.10 Å². The highest BCUT2D eigenvalue weighted by atomic mass is 16.4. The number of aliphatic carboxylic acids is 1. The quantitative estimate of drug-likeness (QED) is 0.667. The lowest BCUT2D eigenvalue weighted by atomic mass is 10.1. The first-order valence-electron chi connectivity index (χ1n) is 4.03. The molecule has 0 atom stereocenters. The van der Waals surface area contributed by atoms with Crippen molar-refractivity contribution in [3.63, 3.8) is 0 Å². The van der Waals surface area contributed by atoms with E-state index in [-0.39, 0.29) is 12.0 Å². The molecule has 0 saturated carbocycles. The zero-order valence-electron chi connectivity index (χ0n) is 7.49. The Bertz CT molecular complexity index is 409. The Morgan fingerprint density at radius 3 is 3.00 bits per heavy atom. The average Bonchev–Trinajstić information content (AvgIpc) is 2.10. The molecule has 5 nitrogen and oxygen atoms in total. The van der Waals surface area contributed by atoms with Crippen molar-refractivity contribution in [1.82, 2.24) is 10.2 Å². The minimum atomic E-state index is -0.978. The fraction of sp³-hybridized carbons (Fsp3) is 0.222. The van der Waals surface area contributed by atoms with Crippen molar-refractivity contribution in [1.29, 1.82) is 0 Å². The highest BCUT2D eigenvalue weighted by molar-refractivity contribution is 5.69. The summed E-state index contributed by atoms with van der Waals surface area (Å²) in [5, 5.41) is 14.4. The Labute approximate surface area is 80.1 Å². The number of carboxylic acids is 1. The highest BCUT2D eigenvalue weighted by Crippen LogP contribution is 1.98. The molecule has 1 aromatic rings. The van der Waals surface area contributed by atoms with Crippen molar-refractivity contribution in [2.75, 3.05) is 0 Å². The van der Waals surface area contributed by atoms with E-state index in [1.54, 1.807) is 6.08 Å². The van der Waals surface area contributed by atoms with Crippen molar-refractivity contribution < 1.29 is 9.90 Å². The standard InChI is InChI=1S/C9H10N2O3/c1-2-3-6-4-7(5-8(12)13)10-11-9(6)14/h2,4H,1,3,5H2,(H,11,14)(H,12,13). The molecule has 2 N–H and O–H groups in total.